The van der Waals surface area contributed by atoms with Crippen molar-refractivity contribution in [3.63, 3.8) is 0 Å². The Bertz CT molecular complexity index is 423. The van der Waals surface area contributed by atoms with Gasteiger partial charge in [0.05, 0.1) is 0 Å². The van der Waals surface area contributed by atoms with Gasteiger partial charge in [0, 0.05) is 20.0 Å². The van der Waals surface area contributed by atoms with Crippen LogP contribution in [0.2, 0.25) is 0 Å². The van der Waals surface area contributed by atoms with Crippen molar-refractivity contribution in [2.24, 2.45) is 0 Å². The van der Waals surface area contributed by atoms with Crippen LogP contribution in [0.3, 0.4) is 0 Å². The molecule has 0 aromatic heterocycles. The molecular formula is C12H19N3O5. The van der Waals surface area contributed by atoms with Crippen LogP contribution in [0.1, 0.15) is 26.2 Å². The molecule has 0 aromatic carbocycles. The van der Waals surface area contributed by atoms with Gasteiger partial charge < -0.3 is 14.9 Å². The van der Waals surface area contributed by atoms with E-state index in [0.717, 1.165) is 0 Å². The lowest BCUT2D eigenvalue weighted by Gasteiger charge is -2.35. The van der Waals surface area contributed by atoms with E-state index in [0.29, 0.717) is 12.8 Å². The minimum absolute atomic E-state index is 0.0335. The van der Waals surface area contributed by atoms with Crippen LogP contribution in [0.5, 0.6) is 0 Å². The number of hydrogen-bond donors (Lipinski definition) is 2. The van der Waals surface area contributed by atoms with Crippen molar-refractivity contribution >= 4 is 23.8 Å². The van der Waals surface area contributed by atoms with Gasteiger partial charge in [-0.15, -0.1) is 0 Å². The number of carboxylic acid groups (broad SMARTS) is 1. The number of imide groups is 1. The molecule has 1 aliphatic rings. The predicted octanol–water partition coefficient (Wildman–Crippen LogP) is -0.360. The van der Waals surface area contributed by atoms with E-state index < -0.39 is 29.9 Å². The molecule has 1 rings (SSSR count). The third-order valence-electron chi connectivity index (χ3n) is 3.10. The summed E-state index contributed by atoms with van der Waals surface area (Å²) in [5.41, 5.74) is 0. The first kappa shape index (κ1) is 15.9. The zero-order valence-corrected chi connectivity index (χ0v) is 11.6. The fraction of sp³-hybridized carbons (Fsp3) is 0.667. The van der Waals surface area contributed by atoms with E-state index in [1.807, 2.05) is 0 Å². The van der Waals surface area contributed by atoms with E-state index in [1.54, 1.807) is 6.92 Å². The molecule has 20 heavy (non-hydrogen) atoms. The molecule has 1 fully saturated rings. The molecule has 8 nitrogen and oxygen atoms in total. The Morgan fingerprint density at radius 1 is 1.45 bits per heavy atom. The molecule has 1 aliphatic heterocycles. The van der Waals surface area contributed by atoms with E-state index >= 15 is 0 Å². The first-order chi connectivity index (χ1) is 9.36. The fourth-order valence-corrected chi connectivity index (χ4v) is 2.06. The summed E-state index contributed by atoms with van der Waals surface area (Å²) in [7, 11) is 1.52. The molecule has 0 aliphatic carbocycles. The van der Waals surface area contributed by atoms with Gasteiger partial charge in [0.1, 0.15) is 12.6 Å². The smallest absolute Gasteiger partial charge is 0.320 e. The minimum Gasteiger partial charge on any atom is -0.481 e. The van der Waals surface area contributed by atoms with E-state index in [4.69, 9.17) is 5.11 Å². The highest BCUT2D eigenvalue weighted by Gasteiger charge is 2.36. The van der Waals surface area contributed by atoms with Crippen molar-refractivity contribution in [2.45, 2.75) is 32.2 Å². The topological polar surface area (TPSA) is 107 Å². The molecule has 0 bridgehead atoms. The zero-order valence-electron chi connectivity index (χ0n) is 11.6. The van der Waals surface area contributed by atoms with Crippen LogP contribution in [0.15, 0.2) is 0 Å². The van der Waals surface area contributed by atoms with Gasteiger partial charge >= 0.3 is 12.0 Å². The Hall–Kier alpha value is -2.12. The summed E-state index contributed by atoms with van der Waals surface area (Å²) in [5, 5.41) is 10.7. The summed E-state index contributed by atoms with van der Waals surface area (Å²) >= 11 is 0. The van der Waals surface area contributed by atoms with Crippen molar-refractivity contribution in [1.82, 2.24) is 15.1 Å². The summed E-state index contributed by atoms with van der Waals surface area (Å²) in [5.74, 6) is -1.91. The van der Waals surface area contributed by atoms with Gasteiger partial charge in [0.25, 0.3) is 0 Å². The highest BCUT2D eigenvalue weighted by atomic mass is 16.4. The Labute approximate surface area is 116 Å². The van der Waals surface area contributed by atoms with Gasteiger partial charge in [-0.3, -0.25) is 19.7 Å². The molecule has 2 N–H and O–H groups in total. The largest absolute Gasteiger partial charge is 0.481 e. The van der Waals surface area contributed by atoms with Crippen LogP contribution in [0.25, 0.3) is 0 Å². The first-order valence-electron chi connectivity index (χ1n) is 6.44. The second-order valence-corrected chi connectivity index (χ2v) is 4.67. The van der Waals surface area contributed by atoms with Gasteiger partial charge in [0.15, 0.2) is 0 Å². The summed E-state index contributed by atoms with van der Waals surface area (Å²) in [6.07, 6.45) is 0.699. The Balaban J connectivity index is 2.65. The third-order valence-corrected chi connectivity index (χ3v) is 3.10. The molecule has 1 saturated heterocycles. The lowest BCUT2D eigenvalue weighted by Crippen LogP contribution is -2.61. The van der Waals surface area contributed by atoms with Gasteiger partial charge in [0.2, 0.25) is 11.8 Å². The molecule has 0 radical (unpaired) electrons. The van der Waals surface area contributed by atoms with Crippen LogP contribution >= 0.6 is 0 Å². The number of amides is 4. The minimum atomic E-state index is -0.926. The zero-order chi connectivity index (χ0) is 15.3. The van der Waals surface area contributed by atoms with Crippen LogP contribution < -0.4 is 5.32 Å². The lowest BCUT2D eigenvalue weighted by atomic mass is 10.1. The van der Waals surface area contributed by atoms with E-state index in [9.17, 15) is 19.2 Å². The van der Waals surface area contributed by atoms with Crippen molar-refractivity contribution in [3.05, 3.63) is 0 Å². The number of hydrogen-bond acceptors (Lipinski definition) is 4. The summed E-state index contributed by atoms with van der Waals surface area (Å²) in [6.45, 7) is 1.85. The number of carbonyl (C=O) groups is 4. The maximum atomic E-state index is 12.2. The Kier molecular flexibility index (Phi) is 5.48. The SMILES string of the molecule is CCC1C(=O)NC(=O)CN1C(=O)N(C)CCCC(=O)O. The van der Waals surface area contributed by atoms with Crippen molar-refractivity contribution < 1.29 is 24.3 Å². The van der Waals surface area contributed by atoms with E-state index in [2.05, 4.69) is 5.32 Å². The number of urea groups is 1. The molecule has 1 heterocycles. The second kappa shape index (κ2) is 6.88. The molecule has 1 unspecified atom stereocenters. The van der Waals surface area contributed by atoms with Crippen LogP contribution in [0.4, 0.5) is 4.79 Å². The average Bonchev–Trinajstić information content (AvgIpc) is 2.36. The van der Waals surface area contributed by atoms with Gasteiger partial charge in [-0.2, -0.15) is 0 Å². The van der Waals surface area contributed by atoms with Crippen LogP contribution in [0, 0.1) is 0 Å². The number of nitrogens with one attached hydrogen (secondary N) is 1. The lowest BCUT2D eigenvalue weighted by molar-refractivity contribution is -0.139. The highest BCUT2D eigenvalue weighted by Crippen LogP contribution is 2.12. The molecule has 0 spiro atoms. The standard InChI is InChI=1S/C12H19N3O5/c1-3-8-11(19)13-9(16)7-15(8)12(20)14(2)6-4-5-10(17)18/h8H,3-7H2,1-2H3,(H,17,18)(H,13,16,19). The van der Waals surface area contributed by atoms with Gasteiger partial charge in [-0.1, -0.05) is 6.92 Å². The third kappa shape index (κ3) is 3.94. The number of nitrogens with zero attached hydrogens (tertiary/aromatic N) is 2. The molecule has 0 saturated carbocycles. The second-order valence-electron chi connectivity index (χ2n) is 4.67. The van der Waals surface area contributed by atoms with E-state index in [-0.39, 0.29) is 19.5 Å². The monoisotopic (exact) mass is 285 g/mol. The maximum absolute atomic E-state index is 12.2. The van der Waals surface area contributed by atoms with Crippen molar-refractivity contribution in [1.29, 1.82) is 0 Å². The molecule has 4 amide bonds. The summed E-state index contributed by atoms with van der Waals surface area (Å²) < 4.78 is 0. The number of carbonyl (C=O) groups excluding carboxylic acids is 3. The normalized spacial score (nSPS) is 18.7. The Morgan fingerprint density at radius 2 is 2.10 bits per heavy atom. The average molecular weight is 285 g/mol. The number of rotatable bonds is 5. The van der Waals surface area contributed by atoms with Gasteiger partial charge in [-0.25, -0.2) is 4.79 Å². The fourth-order valence-electron chi connectivity index (χ4n) is 2.06. The molecular weight excluding hydrogens is 266 g/mol. The Morgan fingerprint density at radius 3 is 2.65 bits per heavy atom. The number of carboxylic acids is 1. The quantitative estimate of drug-likeness (QED) is 0.671. The predicted molar refractivity (Wildman–Crippen MR) is 68.8 cm³/mol. The molecule has 8 heteroatoms. The molecule has 1 atom stereocenters. The molecule has 112 valence electrons. The highest BCUT2D eigenvalue weighted by molar-refractivity contribution is 6.04. The van der Waals surface area contributed by atoms with E-state index in [1.165, 1.54) is 16.8 Å². The number of piperazine rings is 1. The maximum Gasteiger partial charge on any atom is 0.320 e. The van der Waals surface area contributed by atoms with Crippen LogP contribution in [-0.4, -0.2) is 64.9 Å². The molecule has 0 aromatic rings. The van der Waals surface area contributed by atoms with Gasteiger partial charge in [-0.05, 0) is 12.8 Å². The van der Waals surface area contributed by atoms with Crippen LogP contribution in [-0.2, 0) is 14.4 Å². The summed E-state index contributed by atoms with van der Waals surface area (Å²) in [4.78, 5) is 48.2. The summed E-state index contributed by atoms with van der Waals surface area (Å²) in [6, 6.07) is -1.10. The van der Waals surface area contributed by atoms with Crippen molar-refractivity contribution in [3.8, 4) is 0 Å². The first-order valence-corrected chi connectivity index (χ1v) is 6.44. The number of aliphatic carboxylic acids is 1. The van der Waals surface area contributed by atoms with Crippen molar-refractivity contribution in [2.75, 3.05) is 20.1 Å².